The molecule has 6 nitrogen and oxygen atoms in total. The van der Waals surface area contributed by atoms with Gasteiger partial charge >= 0.3 is 0 Å². The molecule has 4 atom stereocenters. The van der Waals surface area contributed by atoms with Gasteiger partial charge < -0.3 is 19.2 Å². The van der Waals surface area contributed by atoms with Crippen LogP contribution >= 0.6 is 0 Å². The topological polar surface area (TPSA) is 67.5 Å². The van der Waals surface area contributed by atoms with E-state index in [0.29, 0.717) is 36.2 Å². The van der Waals surface area contributed by atoms with Gasteiger partial charge in [-0.05, 0) is 44.4 Å². The van der Waals surface area contributed by atoms with E-state index < -0.39 is 5.54 Å². The van der Waals surface area contributed by atoms with E-state index in [9.17, 15) is 9.59 Å². The number of hydrogen-bond acceptors (Lipinski definition) is 3. The molecule has 2 aliphatic carbocycles. The van der Waals surface area contributed by atoms with Crippen molar-refractivity contribution in [3.8, 4) is 0 Å². The summed E-state index contributed by atoms with van der Waals surface area (Å²) in [6.45, 7) is 5.14. The molecule has 2 amide bonds. The Balaban J connectivity index is 1.45. The van der Waals surface area contributed by atoms with Crippen LogP contribution in [0.15, 0.2) is 47.1 Å². The first kappa shape index (κ1) is 21.1. The monoisotopic (exact) mass is 435 g/mol. The molecule has 5 rings (SSSR count). The zero-order valence-corrected chi connectivity index (χ0v) is 19.0. The second kappa shape index (κ2) is 8.30. The van der Waals surface area contributed by atoms with Crippen LogP contribution in [0.4, 0.5) is 0 Å². The highest BCUT2D eigenvalue weighted by Gasteiger charge is 2.48. The van der Waals surface area contributed by atoms with Crippen LogP contribution in [0, 0.1) is 11.8 Å². The summed E-state index contributed by atoms with van der Waals surface area (Å²) in [6, 6.07) is 3.87. The molecule has 1 saturated carbocycles. The van der Waals surface area contributed by atoms with Gasteiger partial charge in [-0.15, -0.1) is 0 Å². The molecular weight excluding hydrogens is 402 g/mol. The molecule has 0 aromatic carbocycles. The van der Waals surface area contributed by atoms with Gasteiger partial charge in [0.15, 0.2) is 5.58 Å². The van der Waals surface area contributed by atoms with E-state index in [0.717, 1.165) is 37.6 Å². The number of nitrogens with zero attached hydrogens (tertiary/aromatic N) is 2. The van der Waals surface area contributed by atoms with Crippen molar-refractivity contribution in [1.29, 1.82) is 0 Å². The molecule has 2 aromatic heterocycles. The first-order valence-corrected chi connectivity index (χ1v) is 12.0. The van der Waals surface area contributed by atoms with Crippen molar-refractivity contribution in [3.63, 3.8) is 0 Å². The lowest BCUT2D eigenvalue weighted by atomic mass is 9.84. The predicted octanol–water partition coefficient (Wildman–Crippen LogP) is 4.67. The fraction of sp³-hybridized carbons (Fsp3) is 0.538. The number of rotatable bonds is 5. The van der Waals surface area contributed by atoms with Crippen molar-refractivity contribution in [2.45, 2.75) is 70.5 Å². The summed E-state index contributed by atoms with van der Waals surface area (Å²) < 4.78 is 7.53. The van der Waals surface area contributed by atoms with Gasteiger partial charge in [0.1, 0.15) is 11.2 Å². The molecule has 3 aliphatic rings. The first-order chi connectivity index (χ1) is 15.5. The molecular formula is C26H33N3O3. The van der Waals surface area contributed by atoms with Gasteiger partial charge in [0.25, 0.3) is 5.91 Å². The zero-order valence-electron chi connectivity index (χ0n) is 19.0. The summed E-state index contributed by atoms with van der Waals surface area (Å²) in [5, 5.41) is 3.34. The van der Waals surface area contributed by atoms with Gasteiger partial charge in [-0.3, -0.25) is 9.59 Å². The predicted molar refractivity (Wildman–Crippen MR) is 124 cm³/mol. The Morgan fingerprint density at radius 2 is 2.12 bits per heavy atom. The van der Waals surface area contributed by atoms with Gasteiger partial charge in [0.2, 0.25) is 5.91 Å². The number of aromatic nitrogens is 1. The van der Waals surface area contributed by atoms with Gasteiger partial charge in [-0.1, -0.05) is 44.1 Å². The van der Waals surface area contributed by atoms with Gasteiger partial charge in [0, 0.05) is 24.7 Å². The van der Waals surface area contributed by atoms with Crippen molar-refractivity contribution in [3.05, 3.63) is 48.4 Å². The summed E-state index contributed by atoms with van der Waals surface area (Å²) >= 11 is 0. The van der Waals surface area contributed by atoms with Crippen molar-refractivity contribution in [1.82, 2.24) is 14.8 Å². The molecule has 0 radical (unpaired) electrons. The lowest BCUT2D eigenvalue weighted by Crippen LogP contribution is -2.65. The highest BCUT2D eigenvalue weighted by molar-refractivity contribution is 6.02. The van der Waals surface area contributed by atoms with Crippen molar-refractivity contribution < 1.29 is 14.0 Å². The normalized spacial score (nSPS) is 30.0. The maximum Gasteiger partial charge on any atom is 0.271 e. The molecule has 170 valence electrons. The van der Waals surface area contributed by atoms with Gasteiger partial charge in [-0.25, -0.2) is 0 Å². The molecule has 6 heteroatoms. The lowest BCUT2D eigenvalue weighted by Gasteiger charge is -2.45. The second-order valence-corrected chi connectivity index (χ2v) is 9.96. The lowest BCUT2D eigenvalue weighted by molar-refractivity contribution is -0.134. The Morgan fingerprint density at radius 1 is 1.28 bits per heavy atom. The Labute approximate surface area is 189 Å². The first-order valence-electron chi connectivity index (χ1n) is 12.0. The molecule has 1 aliphatic heterocycles. The number of carbonyl (C=O) groups excluding carboxylic acids is 2. The third-order valence-electron chi connectivity index (χ3n) is 7.76. The molecule has 32 heavy (non-hydrogen) atoms. The van der Waals surface area contributed by atoms with E-state index in [1.165, 1.54) is 6.42 Å². The fourth-order valence-electron chi connectivity index (χ4n) is 5.62. The van der Waals surface area contributed by atoms with Crippen LogP contribution in [0.3, 0.4) is 0 Å². The number of amides is 2. The van der Waals surface area contributed by atoms with Crippen molar-refractivity contribution >= 4 is 22.9 Å². The quantitative estimate of drug-likeness (QED) is 0.742. The Hall–Kier alpha value is -2.76. The Morgan fingerprint density at radius 3 is 2.91 bits per heavy atom. The second-order valence-electron chi connectivity index (χ2n) is 9.96. The summed E-state index contributed by atoms with van der Waals surface area (Å²) in [4.78, 5) is 29.3. The molecule has 0 saturated heterocycles. The van der Waals surface area contributed by atoms with Crippen LogP contribution < -0.4 is 5.32 Å². The van der Waals surface area contributed by atoms with Crippen LogP contribution in [0.2, 0.25) is 0 Å². The van der Waals surface area contributed by atoms with E-state index in [1.807, 2.05) is 28.5 Å². The van der Waals surface area contributed by atoms with E-state index in [4.69, 9.17) is 4.42 Å². The summed E-state index contributed by atoms with van der Waals surface area (Å²) in [5.41, 5.74) is 1.23. The summed E-state index contributed by atoms with van der Waals surface area (Å²) in [7, 11) is 0. The Bertz CT molecular complexity index is 1080. The van der Waals surface area contributed by atoms with E-state index in [-0.39, 0.29) is 17.9 Å². The SMILES string of the molecule is CC1CCCCC1NC(=O)C1(C)Cn2c(cc3occc32)C(=O)N1CCC1C=CC=CC1. The number of fused-ring (bicyclic) bond motifs is 3. The highest BCUT2D eigenvalue weighted by atomic mass is 16.3. The molecule has 0 bridgehead atoms. The Kier molecular flexibility index (Phi) is 5.48. The van der Waals surface area contributed by atoms with Crippen molar-refractivity contribution in [2.24, 2.45) is 11.8 Å². The minimum atomic E-state index is -0.946. The smallest absolute Gasteiger partial charge is 0.271 e. The number of nitrogens with one attached hydrogen (secondary N) is 1. The average Bonchev–Trinajstić information content (AvgIpc) is 3.38. The number of carbonyl (C=O) groups is 2. The zero-order chi connectivity index (χ0) is 22.3. The minimum Gasteiger partial charge on any atom is -0.463 e. The minimum absolute atomic E-state index is 0.0420. The van der Waals surface area contributed by atoms with Crippen LogP contribution in [0.5, 0.6) is 0 Å². The maximum atomic E-state index is 13.8. The van der Waals surface area contributed by atoms with Gasteiger partial charge in [-0.2, -0.15) is 0 Å². The third kappa shape index (κ3) is 3.59. The standard InChI is InChI=1S/C26H33N3O3/c1-18-8-6-7-11-20(18)27-25(31)26(2)17-28-21-13-15-32-23(21)16-22(28)24(30)29(26)14-12-19-9-4-3-5-10-19/h3-5,9,13,15-16,18-20H,6-8,10-12,14,17H2,1-2H3,(H,27,31). The number of hydrogen-bond donors (Lipinski definition) is 1. The molecule has 4 unspecified atom stereocenters. The average molecular weight is 436 g/mol. The largest absolute Gasteiger partial charge is 0.463 e. The summed E-state index contributed by atoms with van der Waals surface area (Å²) in [5.74, 6) is 0.724. The summed E-state index contributed by atoms with van der Waals surface area (Å²) in [6.07, 6.45) is 16.5. The number of furan rings is 1. The van der Waals surface area contributed by atoms with Crippen LogP contribution in [0.25, 0.3) is 11.1 Å². The fourth-order valence-corrected chi connectivity index (χ4v) is 5.62. The van der Waals surface area contributed by atoms with Crippen LogP contribution in [-0.4, -0.2) is 39.4 Å². The van der Waals surface area contributed by atoms with E-state index in [1.54, 1.807) is 6.26 Å². The third-order valence-corrected chi connectivity index (χ3v) is 7.76. The van der Waals surface area contributed by atoms with Crippen LogP contribution in [0.1, 0.15) is 62.9 Å². The van der Waals surface area contributed by atoms with Crippen LogP contribution in [-0.2, 0) is 11.3 Å². The van der Waals surface area contributed by atoms with E-state index >= 15 is 0 Å². The molecule has 0 spiro atoms. The van der Waals surface area contributed by atoms with Gasteiger partial charge in [0.05, 0.1) is 18.3 Å². The highest BCUT2D eigenvalue weighted by Crippen LogP contribution is 2.34. The van der Waals surface area contributed by atoms with Crippen molar-refractivity contribution in [2.75, 3.05) is 6.54 Å². The molecule has 1 fully saturated rings. The maximum absolute atomic E-state index is 13.8. The van der Waals surface area contributed by atoms with E-state index in [2.05, 4.69) is 36.5 Å². The molecule has 3 heterocycles. The molecule has 2 aromatic rings. The number of allylic oxidation sites excluding steroid dienone is 4. The molecule has 1 N–H and O–H groups in total.